The van der Waals surface area contributed by atoms with E-state index in [9.17, 15) is 19.7 Å². The van der Waals surface area contributed by atoms with Gasteiger partial charge in [0.05, 0.1) is 4.92 Å². The minimum atomic E-state index is -0.518. The largest absolute Gasteiger partial charge is 0.444 e. The number of ketones is 1. The number of nitro groups is 1. The van der Waals surface area contributed by atoms with Crippen LogP contribution >= 0.6 is 0 Å². The van der Waals surface area contributed by atoms with Crippen molar-refractivity contribution in [2.75, 3.05) is 18.0 Å². The number of nitrogens with zero attached hydrogens (tertiary/aromatic N) is 2. The Morgan fingerprint density at radius 2 is 1.71 bits per heavy atom. The van der Waals surface area contributed by atoms with E-state index >= 15 is 0 Å². The van der Waals surface area contributed by atoms with Crippen LogP contribution in [0.15, 0.2) is 59.7 Å². The van der Waals surface area contributed by atoms with E-state index in [4.69, 9.17) is 4.74 Å². The highest BCUT2D eigenvalue weighted by molar-refractivity contribution is 6.17. The summed E-state index contributed by atoms with van der Waals surface area (Å²) in [5.74, 6) is 0.185. The fourth-order valence-electron chi connectivity index (χ4n) is 3.56. The first-order chi connectivity index (χ1) is 14.6. The van der Waals surface area contributed by atoms with Crippen molar-refractivity contribution < 1.29 is 19.2 Å². The average Bonchev–Trinajstić information content (AvgIpc) is 3.24. The quantitative estimate of drug-likeness (QED) is 0.578. The highest BCUT2D eigenvalue weighted by Crippen LogP contribution is 2.30. The Bertz CT molecular complexity index is 940. The second-order valence-corrected chi connectivity index (χ2v) is 8.56. The number of ether oxygens (including phenoxy) is 1. The number of piperidine rings is 1. The lowest BCUT2D eigenvalue weighted by molar-refractivity contribution is -0.384. The average molecular weight is 425 g/mol. The summed E-state index contributed by atoms with van der Waals surface area (Å²) in [6.45, 7) is 6.79. The minimum absolute atomic E-state index is 0.0314. The number of nitro benzene ring substituents is 1. The molecule has 8 heteroatoms. The van der Waals surface area contributed by atoms with Crippen LogP contribution in [0.1, 0.15) is 33.6 Å². The van der Waals surface area contributed by atoms with Gasteiger partial charge in [-0.1, -0.05) is 36.4 Å². The summed E-state index contributed by atoms with van der Waals surface area (Å²) in [6, 6.07) is 6.77. The van der Waals surface area contributed by atoms with Gasteiger partial charge >= 0.3 is 6.09 Å². The number of fused-ring (bicyclic) bond motifs is 2. The van der Waals surface area contributed by atoms with E-state index in [1.54, 1.807) is 18.2 Å². The Labute approximate surface area is 181 Å². The van der Waals surface area contributed by atoms with Gasteiger partial charge in [0.25, 0.3) is 5.69 Å². The van der Waals surface area contributed by atoms with Gasteiger partial charge in [0, 0.05) is 36.3 Å². The Hall–Kier alpha value is -3.42. The molecule has 0 unspecified atom stereocenters. The zero-order valence-electron chi connectivity index (χ0n) is 18.0. The number of para-hydroxylation sites is 2. The maximum atomic E-state index is 11.8. The Morgan fingerprint density at radius 1 is 1.13 bits per heavy atom. The third kappa shape index (κ3) is 5.81. The molecule has 1 aromatic rings. The van der Waals surface area contributed by atoms with Crippen LogP contribution in [0, 0.1) is 10.1 Å². The molecule has 0 radical (unpaired) electrons. The van der Waals surface area contributed by atoms with E-state index in [1.165, 1.54) is 6.07 Å². The molecule has 1 aliphatic heterocycles. The number of allylic oxidation sites excluding steroid dienone is 6. The first-order valence-corrected chi connectivity index (χ1v) is 10.3. The number of rotatable bonds is 3. The molecule has 8 nitrogen and oxygen atoms in total. The number of benzene rings is 1. The molecular formula is C23H27N3O5. The van der Waals surface area contributed by atoms with Crippen LogP contribution in [0.5, 0.6) is 0 Å². The summed E-state index contributed by atoms with van der Waals surface area (Å²) in [6.07, 6.45) is 8.42. The zero-order chi connectivity index (χ0) is 22.6. The van der Waals surface area contributed by atoms with Crippen molar-refractivity contribution in [1.82, 2.24) is 5.32 Å². The SMILES string of the molecule is CC(C)(C)OC(=O)NC1CCN(c2ccccc2[N+](=O)[O-])CC1.O=C1C2=CC=C1C=C2. The maximum Gasteiger partial charge on any atom is 0.407 e. The standard InChI is InChI=1S/C16H23N3O4.C7H4O/c1-16(2,3)23-15(20)17-12-8-10-18(11-9-12)13-6-4-5-7-14(13)19(21)22;8-7-5-1-2-6(7)4-3-5/h4-7,12H,8-11H2,1-3H3,(H,17,20);1-4H. The number of carbonyl (C=O) groups excluding carboxylic acids is 2. The van der Waals surface area contributed by atoms with Crippen molar-refractivity contribution in [2.24, 2.45) is 0 Å². The predicted molar refractivity (Wildman–Crippen MR) is 118 cm³/mol. The smallest absolute Gasteiger partial charge is 0.407 e. The number of carbonyl (C=O) groups is 2. The molecule has 1 heterocycles. The van der Waals surface area contributed by atoms with Gasteiger partial charge in [-0.05, 0) is 39.7 Å². The Kier molecular flexibility index (Phi) is 6.58. The molecule has 1 N–H and O–H groups in total. The van der Waals surface area contributed by atoms with Gasteiger partial charge in [-0.3, -0.25) is 14.9 Å². The fourth-order valence-corrected chi connectivity index (χ4v) is 3.56. The van der Waals surface area contributed by atoms with E-state index in [1.807, 2.05) is 50.0 Å². The summed E-state index contributed by atoms with van der Waals surface area (Å²) in [5.41, 5.74) is 1.90. The van der Waals surface area contributed by atoms with E-state index < -0.39 is 11.7 Å². The third-order valence-electron chi connectivity index (χ3n) is 5.04. The normalized spacial score (nSPS) is 17.5. The predicted octanol–water partition coefficient (Wildman–Crippen LogP) is 4.08. The molecule has 1 aromatic carbocycles. The van der Waals surface area contributed by atoms with Crippen LogP contribution < -0.4 is 10.2 Å². The Morgan fingerprint density at radius 3 is 2.16 bits per heavy atom. The fraction of sp³-hybridized carbons (Fsp3) is 0.391. The summed E-state index contributed by atoms with van der Waals surface area (Å²) < 4.78 is 5.25. The number of nitrogens with one attached hydrogen (secondary N) is 1. The van der Waals surface area contributed by atoms with Crippen LogP contribution in [-0.4, -0.2) is 41.5 Å². The molecule has 1 amide bonds. The van der Waals surface area contributed by atoms with E-state index in [0.29, 0.717) is 18.8 Å². The third-order valence-corrected chi connectivity index (χ3v) is 5.04. The molecule has 0 aromatic heterocycles. The number of Topliss-reactive ketones (excluding diaryl/α,β-unsaturated/α-hetero) is 1. The van der Waals surface area contributed by atoms with Gasteiger partial charge in [-0.2, -0.15) is 0 Å². The van der Waals surface area contributed by atoms with Gasteiger partial charge in [-0.25, -0.2) is 4.79 Å². The number of amides is 1. The molecule has 2 aliphatic carbocycles. The van der Waals surface area contributed by atoms with E-state index in [0.717, 1.165) is 24.0 Å². The van der Waals surface area contributed by atoms with Gasteiger partial charge in [0.15, 0.2) is 5.78 Å². The molecular weight excluding hydrogens is 398 g/mol. The monoisotopic (exact) mass is 425 g/mol. The number of alkyl carbamates (subject to hydrolysis) is 1. The van der Waals surface area contributed by atoms with Crippen LogP contribution in [0.25, 0.3) is 0 Å². The van der Waals surface area contributed by atoms with Crippen LogP contribution in [0.3, 0.4) is 0 Å². The summed E-state index contributed by atoms with van der Waals surface area (Å²) >= 11 is 0. The van der Waals surface area contributed by atoms with Crippen LogP contribution in [-0.2, 0) is 9.53 Å². The molecule has 2 bridgehead atoms. The zero-order valence-corrected chi connectivity index (χ0v) is 18.0. The first-order valence-electron chi connectivity index (χ1n) is 10.3. The second kappa shape index (κ2) is 9.16. The molecule has 0 atom stereocenters. The van der Waals surface area contributed by atoms with Gasteiger partial charge in [-0.15, -0.1) is 0 Å². The molecule has 31 heavy (non-hydrogen) atoms. The van der Waals surface area contributed by atoms with Gasteiger partial charge in [0.2, 0.25) is 0 Å². The van der Waals surface area contributed by atoms with E-state index in [2.05, 4.69) is 5.32 Å². The maximum absolute atomic E-state index is 11.8. The van der Waals surface area contributed by atoms with Crippen molar-refractivity contribution in [1.29, 1.82) is 0 Å². The molecule has 1 fully saturated rings. The lowest BCUT2D eigenvalue weighted by Gasteiger charge is -2.33. The Balaban J connectivity index is 0.000000280. The molecule has 1 saturated heterocycles. The van der Waals surface area contributed by atoms with Crippen LogP contribution in [0.2, 0.25) is 0 Å². The number of hydrogen-bond acceptors (Lipinski definition) is 6. The lowest BCUT2D eigenvalue weighted by atomic mass is 10.0. The molecule has 0 saturated carbocycles. The van der Waals surface area contributed by atoms with Gasteiger partial charge in [0.1, 0.15) is 11.3 Å². The molecule has 3 aliphatic rings. The lowest BCUT2D eigenvalue weighted by Crippen LogP contribution is -2.46. The minimum Gasteiger partial charge on any atom is -0.444 e. The molecule has 0 spiro atoms. The number of anilines is 1. The summed E-state index contributed by atoms with van der Waals surface area (Å²) in [4.78, 5) is 35.3. The highest BCUT2D eigenvalue weighted by Gasteiger charge is 2.26. The van der Waals surface area contributed by atoms with Crippen molar-refractivity contribution in [2.45, 2.75) is 45.3 Å². The molecule has 164 valence electrons. The van der Waals surface area contributed by atoms with Crippen molar-refractivity contribution >= 4 is 23.3 Å². The summed E-state index contributed by atoms with van der Waals surface area (Å²) in [5, 5.41) is 14.0. The molecule has 4 rings (SSSR count). The van der Waals surface area contributed by atoms with Crippen molar-refractivity contribution in [3.63, 3.8) is 0 Å². The summed E-state index contributed by atoms with van der Waals surface area (Å²) in [7, 11) is 0. The van der Waals surface area contributed by atoms with Crippen molar-refractivity contribution in [3.8, 4) is 0 Å². The topological polar surface area (TPSA) is 102 Å². The van der Waals surface area contributed by atoms with Crippen molar-refractivity contribution in [3.05, 3.63) is 69.8 Å². The van der Waals surface area contributed by atoms with Crippen LogP contribution in [0.4, 0.5) is 16.2 Å². The van der Waals surface area contributed by atoms with Gasteiger partial charge < -0.3 is 15.0 Å². The highest BCUT2D eigenvalue weighted by atomic mass is 16.6. The second-order valence-electron chi connectivity index (χ2n) is 8.56. The van der Waals surface area contributed by atoms with E-state index in [-0.39, 0.29) is 22.4 Å². The number of hydrogen-bond donors (Lipinski definition) is 1. The first kappa shape index (κ1) is 22.3.